The molecule has 1 aromatic rings. The Bertz CT molecular complexity index is 665. The number of para-hydroxylation sites is 1. The van der Waals surface area contributed by atoms with E-state index in [0.717, 1.165) is 24.2 Å². The van der Waals surface area contributed by atoms with Crippen LogP contribution >= 0.6 is 0 Å². The molecule has 2 N–H and O–H groups in total. The van der Waals surface area contributed by atoms with Crippen molar-refractivity contribution in [2.45, 2.75) is 31.8 Å². The van der Waals surface area contributed by atoms with Gasteiger partial charge in [-0.2, -0.15) is 0 Å². The van der Waals surface area contributed by atoms with Crippen LogP contribution in [0.15, 0.2) is 29.8 Å². The first kappa shape index (κ1) is 16.5. The molecular formula is C18H22N2O4. The normalized spacial score (nSPS) is 22.0. The molecule has 1 amide bonds. The van der Waals surface area contributed by atoms with Gasteiger partial charge in [0, 0.05) is 17.6 Å². The lowest BCUT2D eigenvalue weighted by Crippen LogP contribution is -2.55. The van der Waals surface area contributed by atoms with Crippen LogP contribution in [0, 0.1) is 0 Å². The number of carboxylic acid groups (broad SMARTS) is 1. The number of carbonyl (C=O) groups is 2. The fraction of sp³-hybridized carbons (Fsp3) is 0.444. The Hall–Kier alpha value is -2.34. The van der Waals surface area contributed by atoms with E-state index < -0.39 is 5.97 Å². The third kappa shape index (κ3) is 3.59. The summed E-state index contributed by atoms with van der Waals surface area (Å²) in [7, 11) is 0. The minimum atomic E-state index is -0.812. The van der Waals surface area contributed by atoms with Crippen molar-refractivity contribution < 1.29 is 19.4 Å². The summed E-state index contributed by atoms with van der Waals surface area (Å²) in [6.07, 6.45) is 3.45. The number of ether oxygens (including phenoxy) is 1. The summed E-state index contributed by atoms with van der Waals surface area (Å²) in [5.41, 5.74) is 1.54. The number of nitrogens with one attached hydrogen (secondary N) is 1. The van der Waals surface area contributed by atoms with Crippen LogP contribution in [-0.4, -0.2) is 53.7 Å². The molecule has 24 heavy (non-hydrogen) atoms. The van der Waals surface area contributed by atoms with E-state index in [1.54, 1.807) is 0 Å². The van der Waals surface area contributed by atoms with Crippen molar-refractivity contribution >= 4 is 18.0 Å². The predicted molar refractivity (Wildman–Crippen MR) is 89.7 cm³/mol. The molecule has 1 saturated carbocycles. The average molecular weight is 330 g/mol. The highest BCUT2D eigenvalue weighted by atomic mass is 16.5. The number of hydrogen-bond donors (Lipinski definition) is 2. The molecule has 3 rings (SSSR count). The Balaban J connectivity index is 1.53. The zero-order chi connectivity index (χ0) is 17.1. The molecule has 1 aromatic carbocycles. The number of hydrogen-bond acceptors (Lipinski definition) is 4. The minimum Gasteiger partial charge on any atom is -0.488 e. The molecule has 1 heterocycles. The van der Waals surface area contributed by atoms with Crippen LogP contribution in [0.4, 0.5) is 0 Å². The Morgan fingerprint density at radius 2 is 2.08 bits per heavy atom. The van der Waals surface area contributed by atoms with Crippen molar-refractivity contribution in [1.82, 2.24) is 10.2 Å². The summed E-state index contributed by atoms with van der Waals surface area (Å²) < 4.78 is 5.61. The van der Waals surface area contributed by atoms with E-state index >= 15 is 0 Å². The molecule has 0 saturated heterocycles. The lowest BCUT2D eigenvalue weighted by molar-refractivity contribution is -0.139. The predicted octanol–water partition coefficient (Wildman–Crippen LogP) is 1.52. The maximum atomic E-state index is 12.4. The molecule has 0 radical (unpaired) electrons. The Kier molecular flexibility index (Phi) is 4.85. The van der Waals surface area contributed by atoms with Gasteiger partial charge in [0.1, 0.15) is 12.4 Å². The molecule has 0 atom stereocenters. The molecule has 6 heteroatoms. The largest absolute Gasteiger partial charge is 0.488 e. The number of carbonyl (C=O) groups excluding carboxylic acids is 1. The van der Waals surface area contributed by atoms with Crippen LogP contribution in [-0.2, 0) is 9.59 Å². The molecule has 0 bridgehead atoms. The number of aliphatic carboxylic acids is 1. The van der Waals surface area contributed by atoms with E-state index in [-0.39, 0.29) is 31.1 Å². The van der Waals surface area contributed by atoms with Gasteiger partial charge in [0.25, 0.3) is 5.91 Å². The third-order valence-corrected chi connectivity index (χ3v) is 4.63. The number of carboxylic acids is 1. The van der Waals surface area contributed by atoms with Gasteiger partial charge in [-0.1, -0.05) is 25.1 Å². The molecule has 0 unspecified atom stereocenters. The van der Waals surface area contributed by atoms with Crippen molar-refractivity contribution in [3.05, 3.63) is 35.4 Å². The van der Waals surface area contributed by atoms with Gasteiger partial charge in [0.05, 0.1) is 12.1 Å². The summed E-state index contributed by atoms with van der Waals surface area (Å²) >= 11 is 0. The number of amides is 1. The van der Waals surface area contributed by atoms with Gasteiger partial charge < -0.3 is 15.2 Å². The van der Waals surface area contributed by atoms with Gasteiger partial charge in [-0.05, 0) is 31.5 Å². The molecule has 0 aromatic heterocycles. The Morgan fingerprint density at radius 3 is 2.79 bits per heavy atom. The van der Waals surface area contributed by atoms with Crippen LogP contribution in [0.3, 0.4) is 0 Å². The van der Waals surface area contributed by atoms with Crippen molar-refractivity contribution in [3.63, 3.8) is 0 Å². The Morgan fingerprint density at radius 1 is 1.33 bits per heavy atom. The van der Waals surface area contributed by atoms with Gasteiger partial charge in [0.2, 0.25) is 0 Å². The standard InChI is InChI=1S/C18H22N2O4/c1-2-20(10-17(21)22)15-8-14(9-15)19-18(23)13-7-12-5-3-4-6-16(12)24-11-13/h3-7,14-15H,2,8-11H2,1H3,(H,19,23)(H,21,22). The van der Waals surface area contributed by atoms with Crippen LogP contribution in [0.2, 0.25) is 0 Å². The van der Waals surface area contributed by atoms with Crippen molar-refractivity contribution in [2.75, 3.05) is 19.7 Å². The van der Waals surface area contributed by atoms with Crippen molar-refractivity contribution in [1.29, 1.82) is 0 Å². The van der Waals surface area contributed by atoms with E-state index in [9.17, 15) is 9.59 Å². The highest BCUT2D eigenvalue weighted by Gasteiger charge is 2.35. The van der Waals surface area contributed by atoms with Gasteiger partial charge in [-0.15, -0.1) is 0 Å². The topological polar surface area (TPSA) is 78.9 Å². The van der Waals surface area contributed by atoms with Crippen LogP contribution in [0.25, 0.3) is 6.08 Å². The summed E-state index contributed by atoms with van der Waals surface area (Å²) in [4.78, 5) is 25.1. The summed E-state index contributed by atoms with van der Waals surface area (Å²) in [5.74, 6) is -0.119. The van der Waals surface area contributed by atoms with Crippen LogP contribution < -0.4 is 10.1 Å². The van der Waals surface area contributed by atoms with Crippen LogP contribution in [0.1, 0.15) is 25.3 Å². The second kappa shape index (κ2) is 7.05. The molecule has 1 aliphatic carbocycles. The van der Waals surface area contributed by atoms with Gasteiger partial charge >= 0.3 is 5.97 Å². The molecule has 6 nitrogen and oxygen atoms in total. The maximum Gasteiger partial charge on any atom is 0.317 e. The van der Waals surface area contributed by atoms with Gasteiger partial charge in [-0.25, -0.2) is 0 Å². The van der Waals surface area contributed by atoms with E-state index in [1.165, 1.54) is 0 Å². The molecular weight excluding hydrogens is 308 g/mol. The van der Waals surface area contributed by atoms with E-state index in [2.05, 4.69) is 5.32 Å². The first-order valence-corrected chi connectivity index (χ1v) is 8.26. The molecule has 1 fully saturated rings. The number of likely N-dealkylation sites (N-methyl/N-ethyl adjacent to an activating group) is 1. The molecule has 2 aliphatic rings. The van der Waals surface area contributed by atoms with E-state index in [4.69, 9.17) is 9.84 Å². The lowest BCUT2D eigenvalue weighted by Gasteiger charge is -2.42. The zero-order valence-electron chi connectivity index (χ0n) is 13.7. The summed E-state index contributed by atoms with van der Waals surface area (Å²) in [5, 5.41) is 11.9. The smallest absolute Gasteiger partial charge is 0.317 e. The zero-order valence-corrected chi connectivity index (χ0v) is 13.7. The van der Waals surface area contributed by atoms with Gasteiger partial charge in [0.15, 0.2) is 0 Å². The first-order chi connectivity index (χ1) is 11.6. The third-order valence-electron chi connectivity index (χ3n) is 4.63. The lowest BCUT2D eigenvalue weighted by atomic mass is 9.85. The average Bonchev–Trinajstić information content (AvgIpc) is 2.55. The highest BCUT2D eigenvalue weighted by Crippen LogP contribution is 2.28. The second-order valence-corrected chi connectivity index (χ2v) is 6.25. The number of fused-ring (bicyclic) bond motifs is 1. The molecule has 0 spiro atoms. The first-order valence-electron chi connectivity index (χ1n) is 8.26. The fourth-order valence-corrected chi connectivity index (χ4v) is 3.20. The van der Waals surface area contributed by atoms with Crippen molar-refractivity contribution in [3.8, 4) is 5.75 Å². The second-order valence-electron chi connectivity index (χ2n) is 6.25. The minimum absolute atomic E-state index is 0.0532. The Labute approximate surface area is 141 Å². The molecule has 1 aliphatic heterocycles. The van der Waals surface area contributed by atoms with Gasteiger partial charge in [-0.3, -0.25) is 14.5 Å². The SMILES string of the molecule is CCN(CC(=O)O)C1CC(NC(=O)C2=Cc3ccccc3OC2)C1. The van der Waals surface area contributed by atoms with E-state index in [0.29, 0.717) is 12.1 Å². The quantitative estimate of drug-likeness (QED) is 0.827. The highest BCUT2D eigenvalue weighted by molar-refractivity contribution is 5.99. The number of rotatable bonds is 6. The molecule has 128 valence electrons. The number of benzene rings is 1. The summed E-state index contributed by atoms with van der Waals surface area (Å²) in [6.45, 7) is 2.99. The number of nitrogens with zero attached hydrogens (tertiary/aromatic N) is 1. The maximum absolute atomic E-state index is 12.4. The monoisotopic (exact) mass is 330 g/mol. The van der Waals surface area contributed by atoms with Crippen LogP contribution in [0.5, 0.6) is 5.75 Å². The van der Waals surface area contributed by atoms with Crippen molar-refractivity contribution in [2.24, 2.45) is 0 Å². The summed E-state index contributed by atoms with van der Waals surface area (Å²) in [6, 6.07) is 7.96. The van der Waals surface area contributed by atoms with E-state index in [1.807, 2.05) is 42.2 Å². The fourth-order valence-electron chi connectivity index (χ4n) is 3.20.